The monoisotopic (exact) mass is 468 g/mol. The van der Waals surface area contributed by atoms with Gasteiger partial charge >= 0.3 is 0 Å². The van der Waals surface area contributed by atoms with Gasteiger partial charge in [-0.3, -0.25) is 9.59 Å². The molecule has 1 aromatic heterocycles. The van der Waals surface area contributed by atoms with Crippen LogP contribution < -0.4 is 14.8 Å². The molecule has 0 bridgehead atoms. The minimum Gasteiger partial charge on any atom is -0.497 e. The van der Waals surface area contributed by atoms with Crippen LogP contribution in [0.15, 0.2) is 54.6 Å². The van der Waals surface area contributed by atoms with Crippen LogP contribution in [-0.2, 0) is 9.59 Å². The Morgan fingerprint density at radius 3 is 2.58 bits per heavy atom. The summed E-state index contributed by atoms with van der Waals surface area (Å²) in [5.74, 6) is 0.973. The van der Waals surface area contributed by atoms with E-state index in [1.807, 2.05) is 56.3 Å². The maximum Gasteiger partial charge on any atom is 0.260 e. The van der Waals surface area contributed by atoms with Crippen LogP contribution in [0.3, 0.4) is 0 Å². The van der Waals surface area contributed by atoms with Gasteiger partial charge in [-0.15, -0.1) is 10.2 Å². The molecule has 2 aromatic carbocycles. The number of nitrogens with one attached hydrogen (secondary N) is 1. The molecule has 3 aromatic rings. The van der Waals surface area contributed by atoms with Gasteiger partial charge in [-0.05, 0) is 37.6 Å². The van der Waals surface area contributed by atoms with Crippen molar-refractivity contribution in [3.63, 3.8) is 0 Å². The van der Waals surface area contributed by atoms with Crippen LogP contribution in [0.4, 0.5) is 5.13 Å². The second-order valence-corrected chi connectivity index (χ2v) is 8.37. The van der Waals surface area contributed by atoms with Crippen molar-refractivity contribution in [2.45, 2.75) is 32.7 Å². The SMILES string of the molecule is CCC(C)N(CCC(=O)Nc1nnc(-c2cccc(OC)c2)s1)C(=O)COc1ccccc1. The predicted molar refractivity (Wildman–Crippen MR) is 129 cm³/mol. The first-order valence-corrected chi connectivity index (χ1v) is 11.6. The number of benzene rings is 2. The molecular formula is C24H28N4O4S. The van der Waals surface area contributed by atoms with E-state index in [4.69, 9.17) is 9.47 Å². The number of hydrogen-bond donors (Lipinski definition) is 1. The largest absolute Gasteiger partial charge is 0.497 e. The maximum atomic E-state index is 12.7. The highest BCUT2D eigenvalue weighted by Crippen LogP contribution is 2.28. The lowest BCUT2D eigenvalue weighted by Crippen LogP contribution is -2.42. The molecule has 1 heterocycles. The molecule has 0 radical (unpaired) electrons. The Balaban J connectivity index is 1.54. The minimum absolute atomic E-state index is 0.00846. The van der Waals surface area contributed by atoms with E-state index in [-0.39, 0.29) is 30.9 Å². The normalized spacial score (nSPS) is 11.5. The van der Waals surface area contributed by atoms with Gasteiger partial charge in [0.25, 0.3) is 5.91 Å². The van der Waals surface area contributed by atoms with Crippen LogP contribution in [0.1, 0.15) is 26.7 Å². The van der Waals surface area contributed by atoms with E-state index in [0.29, 0.717) is 22.4 Å². The highest BCUT2D eigenvalue weighted by Gasteiger charge is 2.21. The van der Waals surface area contributed by atoms with Crippen LogP contribution in [0.2, 0.25) is 0 Å². The van der Waals surface area contributed by atoms with E-state index in [1.54, 1.807) is 24.1 Å². The summed E-state index contributed by atoms with van der Waals surface area (Å²) in [4.78, 5) is 26.9. The molecule has 8 nitrogen and oxygen atoms in total. The Kier molecular flexibility index (Phi) is 8.77. The highest BCUT2D eigenvalue weighted by atomic mass is 32.1. The molecule has 1 N–H and O–H groups in total. The summed E-state index contributed by atoms with van der Waals surface area (Å²) in [5, 5.41) is 12.1. The molecule has 0 fully saturated rings. The quantitative estimate of drug-likeness (QED) is 0.452. The number of methoxy groups -OCH3 is 1. The predicted octanol–water partition coefficient (Wildman–Crippen LogP) is 4.25. The average molecular weight is 469 g/mol. The molecule has 0 aliphatic rings. The first-order chi connectivity index (χ1) is 16.0. The number of aromatic nitrogens is 2. The fraction of sp³-hybridized carbons (Fsp3) is 0.333. The first-order valence-electron chi connectivity index (χ1n) is 10.7. The van der Waals surface area contributed by atoms with Gasteiger partial charge in [-0.2, -0.15) is 0 Å². The van der Waals surface area contributed by atoms with E-state index in [0.717, 1.165) is 17.7 Å². The minimum atomic E-state index is -0.228. The van der Waals surface area contributed by atoms with Crippen LogP contribution in [0, 0.1) is 0 Å². The van der Waals surface area contributed by atoms with Gasteiger partial charge in [0.05, 0.1) is 7.11 Å². The van der Waals surface area contributed by atoms with Gasteiger partial charge in [0.1, 0.15) is 16.5 Å². The number of ether oxygens (including phenoxy) is 2. The van der Waals surface area contributed by atoms with Crippen LogP contribution in [0.5, 0.6) is 11.5 Å². The summed E-state index contributed by atoms with van der Waals surface area (Å²) in [6.07, 6.45) is 0.925. The lowest BCUT2D eigenvalue weighted by Gasteiger charge is -2.28. The summed E-state index contributed by atoms with van der Waals surface area (Å²) in [6.45, 7) is 4.18. The molecule has 1 atom stereocenters. The van der Waals surface area contributed by atoms with Crippen LogP contribution >= 0.6 is 11.3 Å². The smallest absolute Gasteiger partial charge is 0.260 e. The van der Waals surface area contributed by atoms with E-state index >= 15 is 0 Å². The molecule has 174 valence electrons. The molecule has 2 amide bonds. The zero-order chi connectivity index (χ0) is 23.6. The van der Waals surface area contributed by atoms with E-state index in [1.165, 1.54) is 11.3 Å². The summed E-state index contributed by atoms with van der Waals surface area (Å²) < 4.78 is 10.8. The second kappa shape index (κ2) is 12.0. The summed E-state index contributed by atoms with van der Waals surface area (Å²) >= 11 is 1.28. The Hall–Kier alpha value is -3.46. The van der Waals surface area contributed by atoms with E-state index < -0.39 is 0 Å². The standard InChI is InChI=1S/C24H28N4O4S/c1-4-17(2)28(22(30)16-32-19-10-6-5-7-11-19)14-13-21(29)25-24-27-26-23(33-24)18-9-8-12-20(15-18)31-3/h5-12,15,17H,4,13-14,16H2,1-3H3,(H,25,27,29). The third-order valence-electron chi connectivity index (χ3n) is 5.12. The van der Waals surface area contributed by atoms with Crippen molar-refractivity contribution < 1.29 is 19.1 Å². The van der Waals surface area contributed by atoms with Gasteiger partial charge in [0.2, 0.25) is 11.0 Å². The lowest BCUT2D eigenvalue weighted by atomic mass is 10.2. The number of carbonyl (C=O) groups excluding carboxylic acids is 2. The molecule has 0 aliphatic heterocycles. The van der Waals surface area contributed by atoms with Gasteiger partial charge in [0, 0.05) is 24.6 Å². The number of para-hydroxylation sites is 1. The van der Waals surface area contributed by atoms with E-state index in [2.05, 4.69) is 15.5 Å². The van der Waals surface area contributed by atoms with E-state index in [9.17, 15) is 9.59 Å². The average Bonchev–Trinajstić information content (AvgIpc) is 3.31. The number of amides is 2. The Bertz CT molecular complexity index is 1060. The number of anilines is 1. The Morgan fingerprint density at radius 1 is 1.09 bits per heavy atom. The lowest BCUT2D eigenvalue weighted by molar-refractivity contribution is -0.135. The zero-order valence-corrected chi connectivity index (χ0v) is 19.8. The van der Waals surface area contributed by atoms with Crippen molar-refractivity contribution in [1.29, 1.82) is 0 Å². The van der Waals surface area contributed by atoms with Gasteiger partial charge in [-0.25, -0.2) is 0 Å². The molecule has 0 spiro atoms. The number of hydrogen-bond acceptors (Lipinski definition) is 7. The number of nitrogens with zero attached hydrogens (tertiary/aromatic N) is 3. The van der Waals surface area contributed by atoms with Gasteiger partial charge in [-0.1, -0.05) is 48.6 Å². The molecule has 0 saturated carbocycles. The van der Waals surface area contributed by atoms with Gasteiger partial charge in [0.15, 0.2) is 6.61 Å². The fourth-order valence-corrected chi connectivity index (χ4v) is 3.86. The Labute approximate surface area is 197 Å². The third kappa shape index (κ3) is 7.01. The number of carbonyl (C=O) groups is 2. The van der Waals surface area contributed by atoms with Crippen molar-refractivity contribution in [3.8, 4) is 22.1 Å². The van der Waals surface area contributed by atoms with Crippen molar-refractivity contribution in [3.05, 3.63) is 54.6 Å². The molecule has 9 heteroatoms. The van der Waals surface area contributed by atoms with Crippen molar-refractivity contribution >= 4 is 28.3 Å². The summed E-state index contributed by atoms with van der Waals surface area (Å²) in [7, 11) is 1.60. The zero-order valence-electron chi connectivity index (χ0n) is 19.0. The summed E-state index contributed by atoms with van der Waals surface area (Å²) in [5.41, 5.74) is 0.860. The second-order valence-electron chi connectivity index (χ2n) is 7.39. The number of rotatable bonds is 11. The molecule has 3 rings (SSSR count). The highest BCUT2D eigenvalue weighted by molar-refractivity contribution is 7.18. The molecule has 0 saturated heterocycles. The fourth-order valence-electron chi connectivity index (χ4n) is 3.11. The first kappa shape index (κ1) is 24.2. The molecule has 0 aliphatic carbocycles. The van der Waals surface area contributed by atoms with Crippen LogP contribution in [-0.4, -0.2) is 53.2 Å². The van der Waals surface area contributed by atoms with Crippen molar-refractivity contribution in [2.75, 3.05) is 25.6 Å². The van der Waals surface area contributed by atoms with Crippen LogP contribution in [0.25, 0.3) is 10.6 Å². The maximum absolute atomic E-state index is 12.7. The molecule has 1 unspecified atom stereocenters. The van der Waals surface area contributed by atoms with Gasteiger partial charge < -0.3 is 19.7 Å². The Morgan fingerprint density at radius 2 is 1.85 bits per heavy atom. The molecular weight excluding hydrogens is 440 g/mol. The summed E-state index contributed by atoms with van der Waals surface area (Å²) in [6, 6.07) is 16.7. The van der Waals surface area contributed by atoms with Crippen molar-refractivity contribution in [2.24, 2.45) is 0 Å². The molecule has 33 heavy (non-hydrogen) atoms. The van der Waals surface area contributed by atoms with Crippen molar-refractivity contribution in [1.82, 2.24) is 15.1 Å². The third-order valence-corrected chi connectivity index (χ3v) is 6.00. The topological polar surface area (TPSA) is 93.7 Å².